The molecular weight excluding hydrogens is 374 g/mol. The molecule has 3 heterocycles. The Labute approximate surface area is 176 Å². The number of hydrogen-bond acceptors (Lipinski definition) is 2. The van der Waals surface area contributed by atoms with Crippen LogP contribution in [0.4, 0.5) is 0 Å². The largest absolute Gasteiger partial charge is 0.356 e. The van der Waals surface area contributed by atoms with Crippen LogP contribution in [0.5, 0.6) is 0 Å². The molecule has 5 nitrogen and oxygen atoms in total. The van der Waals surface area contributed by atoms with Crippen molar-refractivity contribution in [3.8, 4) is 0 Å². The summed E-state index contributed by atoms with van der Waals surface area (Å²) in [7, 11) is 0. The quantitative estimate of drug-likeness (QED) is 0.719. The number of carbonyl (C=O) groups is 2. The number of hydrogen-bond donors (Lipinski definition) is 1. The van der Waals surface area contributed by atoms with Crippen LogP contribution in [-0.2, 0) is 16.0 Å². The van der Waals surface area contributed by atoms with Gasteiger partial charge < -0.3 is 14.8 Å². The molecule has 1 aromatic heterocycles. The highest BCUT2D eigenvalue weighted by Crippen LogP contribution is 2.42. The Morgan fingerprint density at radius 2 is 1.93 bits per heavy atom. The standard InChI is InChI=1S/C25H27N3O2/c1-3-4-12-27-15-22(29)28-21(25(27)30)14-19-18-10-5-6-11-20(18)26-23(19)24(28)17-9-7-8-16(2)13-17/h5-11,13,21,24,26H,3-4,12,14-15H2,1-2H3/t21-,24+/m0/s1. The molecule has 3 aromatic rings. The van der Waals surface area contributed by atoms with Gasteiger partial charge in [0.1, 0.15) is 6.04 Å². The summed E-state index contributed by atoms with van der Waals surface area (Å²) in [5, 5.41) is 1.15. The molecule has 154 valence electrons. The summed E-state index contributed by atoms with van der Waals surface area (Å²) in [5.74, 6) is 0.114. The van der Waals surface area contributed by atoms with Crippen molar-refractivity contribution in [1.29, 1.82) is 0 Å². The van der Waals surface area contributed by atoms with E-state index in [0.29, 0.717) is 13.0 Å². The fourth-order valence-corrected chi connectivity index (χ4v) is 5.05. The number of aromatic amines is 1. The summed E-state index contributed by atoms with van der Waals surface area (Å²) >= 11 is 0. The second-order valence-electron chi connectivity index (χ2n) is 8.51. The fourth-order valence-electron chi connectivity index (χ4n) is 5.05. The highest BCUT2D eigenvalue weighted by Gasteiger charge is 2.47. The summed E-state index contributed by atoms with van der Waals surface area (Å²) in [5.41, 5.74) is 5.46. The minimum atomic E-state index is -0.444. The highest BCUT2D eigenvalue weighted by atomic mass is 16.2. The summed E-state index contributed by atoms with van der Waals surface area (Å²) in [6.45, 7) is 5.00. The van der Waals surface area contributed by atoms with E-state index in [-0.39, 0.29) is 24.4 Å². The summed E-state index contributed by atoms with van der Waals surface area (Å²) in [6.07, 6.45) is 2.49. The molecule has 2 amide bonds. The number of rotatable bonds is 4. The first-order valence-electron chi connectivity index (χ1n) is 10.8. The van der Waals surface area contributed by atoms with Crippen LogP contribution < -0.4 is 0 Å². The molecule has 0 aliphatic carbocycles. The van der Waals surface area contributed by atoms with Crippen LogP contribution in [0.1, 0.15) is 48.2 Å². The smallest absolute Gasteiger partial charge is 0.246 e. The maximum Gasteiger partial charge on any atom is 0.246 e. The monoisotopic (exact) mass is 401 g/mol. The summed E-state index contributed by atoms with van der Waals surface area (Å²) in [6, 6.07) is 15.8. The van der Waals surface area contributed by atoms with Crippen LogP contribution in [0, 0.1) is 6.92 Å². The zero-order chi connectivity index (χ0) is 20.8. The topological polar surface area (TPSA) is 56.4 Å². The van der Waals surface area contributed by atoms with Crippen molar-refractivity contribution < 1.29 is 9.59 Å². The highest BCUT2D eigenvalue weighted by molar-refractivity contribution is 5.97. The lowest BCUT2D eigenvalue weighted by atomic mass is 9.86. The van der Waals surface area contributed by atoms with Crippen molar-refractivity contribution >= 4 is 22.7 Å². The van der Waals surface area contributed by atoms with Gasteiger partial charge in [-0.3, -0.25) is 9.59 Å². The van der Waals surface area contributed by atoms with Crippen LogP contribution in [0.15, 0.2) is 48.5 Å². The molecule has 0 radical (unpaired) electrons. The van der Waals surface area contributed by atoms with E-state index in [1.165, 1.54) is 0 Å². The normalized spacial score (nSPS) is 21.1. The van der Waals surface area contributed by atoms with Gasteiger partial charge in [0.25, 0.3) is 0 Å². The van der Waals surface area contributed by atoms with Crippen molar-refractivity contribution in [2.75, 3.05) is 13.1 Å². The minimum Gasteiger partial charge on any atom is -0.356 e. The average molecular weight is 402 g/mol. The molecule has 1 fully saturated rings. The second kappa shape index (κ2) is 7.31. The van der Waals surface area contributed by atoms with Crippen LogP contribution in [0.25, 0.3) is 10.9 Å². The third-order valence-corrected chi connectivity index (χ3v) is 6.48. The number of carbonyl (C=O) groups excluding carboxylic acids is 2. The summed E-state index contributed by atoms with van der Waals surface area (Å²) < 4.78 is 0. The zero-order valence-electron chi connectivity index (χ0n) is 17.5. The molecule has 2 aromatic carbocycles. The molecule has 30 heavy (non-hydrogen) atoms. The number of piperazine rings is 1. The first kappa shape index (κ1) is 18.9. The van der Waals surface area contributed by atoms with Crippen LogP contribution >= 0.6 is 0 Å². The minimum absolute atomic E-state index is 0.0338. The van der Waals surface area contributed by atoms with Crippen molar-refractivity contribution in [2.24, 2.45) is 0 Å². The van der Waals surface area contributed by atoms with Gasteiger partial charge in [-0.2, -0.15) is 0 Å². The maximum atomic E-state index is 13.4. The number of aryl methyl sites for hydroxylation is 1. The maximum absolute atomic E-state index is 13.4. The van der Waals surface area contributed by atoms with Gasteiger partial charge in [-0.1, -0.05) is 61.4 Å². The van der Waals surface area contributed by atoms with Gasteiger partial charge in [-0.25, -0.2) is 0 Å². The van der Waals surface area contributed by atoms with Crippen molar-refractivity contribution in [3.05, 3.63) is 70.9 Å². The molecule has 1 N–H and O–H groups in total. The van der Waals surface area contributed by atoms with Crippen molar-refractivity contribution in [3.63, 3.8) is 0 Å². The molecule has 0 spiro atoms. The fraction of sp³-hybridized carbons (Fsp3) is 0.360. The number of H-pyrrole nitrogens is 1. The molecule has 1 saturated heterocycles. The van der Waals surface area contributed by atoms with Crippen LogP contribution in [0.2, 0.25) is 0 Å². The van der Waals surface area contributed by atoms with E-state index in [0.717, 1.165) is 46.1 Å². The zero-order valence-corrected chi connectivity index (χ0v) is 17.5. The Morgan fingerprint density at radius 3 is 2.73 bits per heavy atom. The van der Waals surface area contributed by atoms with Gasteiger partial charge >= 0.3 is 0 Å². The van der Waals surface area contributed by atoms with E-state index >= 15 is 0 Å². The van der Waals surface area contributed by atoms with E-state index in [1.807, 2.05) is 23.1 Å². The number of nitrogens with zero attached hydrogens (tertiary/aromatic N) is 2. The molecule has 2 aliphatic rings. The summed E-state index contributed by atoms with van der Waals surface area (Å²) in [4.78, 5) is 34.0. The predicted molar refractivity (Wildman–Crippen MR) is 117 cm³/mol. The lowest BCUT2D eigenvalue weighted by Gasteiger charge is -2.47. The Hall–Kier alpha value is -3.08. The molecule has 2 atom stereocenters. The van der Waals surface area contributed by atoms with E-state index in [2.05, 4.69) is 49.2 Å². The first-order valence-corrected chi connectivity index (χ1v) is 10.8. The molecule has 0 bridgehead atoms. The van der Waals surface area contributed by atoms with Crippen LogP contribution in [-0.4, -0.2) is 45.7 Å². The van der Waals surface area contributed by atoms with Crippen LogP contribution in [0.3, 0.4) is 0 Å². The van der Waals surface area contributed by atoms with E-state index < -0.39 is 6.04 Å². The Kier molecular flexibility index (Phi) is 4.61. The lowest BCUT2D eigenvalue weighted by Crippen LogP contribution is -2.63. The Balaban J connectivity index is 1.67. The molecule has 0 unspecified atom stereocenters. The van der Waals surface area contributed by atoms with Gasteiger partial charge in [0.2, 0.25) is 11.8 Å². The SMILES string of the molecule is CCCCN1CC(=O)N2[C@H](c3cccc(C)c3)c3[nH]c4ccccc4c3C[C@H]2C1=O. The van der Waals surface area contributed by atoms with Gasteiger partial charge in [0.15, 0.2) is 0 Å². The molecule has 0 saturated carbocycles. The third kappa shape index (κ3) is 2.92. The molecule has 5 heteroatoms. The number of unbranched alkanes of at least 4 members (excludes halogenated alkanes) is 1. The van der Waals surface area contributed by atoms with Crippen molar-refractivity contribution in [1.82, 2.24) is 14.8 Å². The van der Waals surface area contributed by atoms with E-state index in [4.69, 9.17) is 0 Å². The molecular formula is C25H27N3O2. The van der Waals surface area contributed by atoms with Gasteiger partial charge in [0, 0.05) is 29.6 Å². The van der Waals surface area contributed by atoms with Crippen molar-refractivity contribution in [2.45, 2.75) is 45.2 Å². The van der Waals surface area contributed by atoms with E-state index in [1.54, 1.807) is 4.90 Å². The number of benzene rings is 2. The predicted octanol–water partition coefficient (Wildman–Crippen LogP) is 3.96. The van der Waals surface area contributed by atoms with E-state index in [9.17, 15) is 9.59 Å². The Bertz CT molecular complexity index is 1130. The lowest BCUT2D eigenvalue weighted by molar-refractivity contribution is -0.158. The number of fused-ring (bicyclic) bond motifs is 4. The number of aromatic nitrogens is 1. The number of amides is 2. The number of para-hydroxylation sites is 1. The van der Waals surface area contributed by atoms with Gasteiger partial charge in [0.05, 0.1) is 12.6 Å². The third-order valence-electron chi connectivity index (χ3n) is 6.48. The first-order chi connectivity index (χ1) is 14.6. The molecule has 2 aliphatic heterocycles. The molecule has 5 rings (SSSR count). The average Bonchev–Trinajstić information content (AvgIpc) is 3.12. The number of nitrogens with one attached hydrogen (secondary N) is 1. The Morgan fingerprint density at radius 1 is 1.10 bits per heavy atom. The van der Waals surface area contributed by atoms with Gasteiger partial charge in [-0.15, -0.1) is 0 Å². The second-order valence-corrected chi connectivity index (χ2v) is 8.51. The van der Waals surface area contributed by atoms with Gasteiger partial charge in [-0.05, 0) is 30.5 Å².